The number of amides is 1. The molecule has 0 saturated carbocycles. The number of carbonyl (C=O) groups excluding carboxylic acids is 1. The van der Waals surface area contributed by atoms with Gasteiger partial charge < -0.3 is 14.8 Å². The van der Waals surface area contributed by atoms with E-state index in [1.165, 1.54) is 7.05 Å². The predicted octanol–water partition coefficient (Wildman–Crippen LogP) is 4.26. The van der Waals surface area contributed by atoms with Crippen molar-refractivity contribution in [3.05, 3.63) is 72.8 Å². The van der Waals surface area contributed by atoms with Gasteiger partial charge in [0.15, 0.2) is 0 Å². The molecule has 3 aromatic rings. The van der Waals surface area contributed by atoms with Crippen LogP contribution in [0.4, 0.5) is 4.79 Å². The molecule has 24 heavy (non-hydrogen) atoms. The van der Waals surface area contributed by atoms with Gasteiger partial charge in [0.25, 0.3) is 0 Å². The Morgan fingerprint density at radius 3 is 2.29 bits per heavy atom. The van der Waals surface area contributed by atoms with Crippen LogP contribution in [0.15, 0.2) is 72.8 Å². The van der Waals surface area contributed by atoms with Crippen LogP contribution in [0.1, 0.15) is 0 Å². The Bertz CT molecular complexity index is 818. The van der Waals surface area contributed by atoms with Crippen LogP contribution >= 0.6 is 0 Å². The summed E-state index contributed by atoms with van der Waals surface area (Å²) in [6.45, 7) is 0. The zero-order chi connectivity index (χ0) is 16.8. The van der Waals surface area contributed by atoms with E-state index in [-0.39, 0.29) is 5.88 Å². The smallest absolute Gasteiger partial charge is 0.413 e. The second kappa shape index (κ2) is 7.28. The van der Waals surface area contributed by atoms with Crippen LogP contribution in [0.2, 0.25) is 0 Å². The minimum atomic E-state index is -0.550. The molecule has 1 amide bonds. The maximum atomic E-state index is 11.3. The highest BCUT2D eigenvalue weighted by Crippen LogP contribution is 2.25. The zero-order valence-corrected chi connectivity index (χ0v) is 13.1. The molecule has 5 heteroatoms. The van der Waals surface area contributed by atoms with Crippen LogP contribution in [0, 0.1) is 0 Å². The Hall–Kier alpha value is -3.34. The molecule has 0 aliphatic heterocycles. The van der Waals surface area contributed by atoms with E-state index in [1.807, 2.05) is 60.7 Å². The molecular weight excluding hydrogens is 304 g/mol. The Morgan fingerprint density at radius 1 is 0.875 bits per heavy atom. The maximum absolute atomic E-state index is 11.3. The molecule has 5 nitrogen and oxygen atoms in total. The summed E-state index contributed by atoms with van der Waals surface area (Å²) in [4.78, 5) is 15.6. The summed E-state index contributed by atoms with van der Waals surface area (Å²) in [5, 5.41) is 2.39. The zero-order valence-electron chi connectivity index (χ0n) is 13.1. The van der Waals surface area contributed by atoms with Gasteiger partial charge in [0.2, 0.25) is 5.88 Å². The van der Waals surface area contributed by atoms with Gasteiger partial charge in [-0.05, 0) is 42.5 Å². The van der Waals surface area contributed by atoms with Gasteiger partial charge in [0, 0.05) is 18.7 Å². The number of para-hydroxylation sites is 1. The summed E-state index contributed by atoms with van der Waals surface area (Å²) in [6.07, 6.45) is -0.550. The number of rotatable bonds is 4. The lowest BCUT2D eigenvalue weighted by atomic mass is 10.1. The maximum Gasteiger partial charge on any atom is 0.413 e. The summed E-state index contributed by atoms with van der Waals surface area (Å²) >= 11 is 0. The third kappa shape index (κ3) is 3.89. The number of benzene rings is 2. The number of aromatic nitrogens is 1. The minimum Gasteiger partial charge on any atom is -0.457 e. The monoisotopic (exact) mass is 320 g/mol. The molecule has 0 fully saturated rings. The second-order valence-corrected chi connectivity index (χ2v) is 4.94. The molecule has 0 atom stereocenters. The molecule has 0 radical (unpaired) electrons. The molecule has 0 spiro atoms. The van der Waals surface area contributed by atoms with E-state index >= 15 is 0 Å². The van der Waals surface area contributed by atoms with Gasteiger partial charge in [-0.3, -0.25) is 0 Å². The summed E-state index contributed by atoms with van der Waals surface area (Å²) < 4.78 is 10.8. The van der Waals surface area contributed by atoms with Crippen molar-refractivity contribution in [1.29, 1.82) is 0 Å². The normalized spacial score (nSPS) is 10.0. The Balaban J connectivity index is 1.76. The largest absolute Gasteiger partial charge is 0.457 e. The van der Waals surface area contributed by atoms with Gasteiger partial charge >= 0.3 is 6.09 Å². The lowest BCUT2D eigenvalue weighted by Gasteiger charge is -2.07. The minimum absolute atomic E-state index is 0.247. The average Bonchev–Trinajstić information content (AvgIpc) is 2.63. The fraction of sp³-hybridized carbons (Fsp3) is 0.0526. The first-order valence-corrected chi connectivity index (χ1v) is 7.44. The number of carbonyl (C=O) groups is 1. The lowest BCUT2D eigenvalue weighted by Crippen LogP contribution is -2.22. The van der Waals surface area contributed by atoms with Gasteiger partial charge in [-0.15, -0.1) is 0 Å². The molecule has 0 aliphatic carbocycles. The van der Waals surface area contributed by atoms with Crippen molar-refractivity contribution in [2.24, 2.45) is 0 Å². The fourth-order valence-electron chi connectivity index (χ4n) is 2.10. The third-order valence-electron chi connectivity index (χ3n) is 3.25. The molecule has 1 aromatic heterocycles. The quantitative estimate of drug-likeness (QED) is 0.780. The SMILES string of the molecule is CNC(=O)Oc1cccc(-c2ccc(Oc3ccccc3)cc2)n1. The van der Waals surface area contributed by atoms with Crippen LogP contribution in [-0.4, -0.2) is 18.1 Å². The lowest BCUT2D eigenvalue weighted by molar-refractivity contribution is 0.201. The van der Waals surface area contributed by atoms with E-state index in [0.717, 1.165) is 17.1 Å². The number of nitrogens with zero attached hydrogens (tertiary/aromatic N) is 1. The van der Waals surface area contributed by atoms with Crippen LogP contribution < -0.4 is 14.8 Å². The summed E-state index contributed by atoms with van der Waals surface area (Å²) in [5.74, 6) is 1.77. The Morgan fingerprint density at radius 2 is 1.58 bits per heavy atom. The van der Waals surface area contributed by atoms with Gasteiger partial charge in [-0.25, -0.2) is 9.78 Å². The van der Waals surface area contributed by atoms with Crippen molar-refractivity contribution >= 4 is 6.09 Å². The first-order valence-electron chi connectivity index (χ1n) is 7.44. The molecule has 120 valence electrons. The Kier molecular flexibility index (Phi) is 4.72. The molecule has 0 aliphatic rings. The molecule has 0 saturated heterocycles. The molecule has 3 rings (SSSR count). The van der Waals surface area contributed by atoms with Crippen molar-refractivity contribution < 1.29 is 14.3 Å². The standard InChI is InChI=1S/C19H16N2O3/c1-20-19(22)24-18-9-5-8-17(21-18)14-10-12-16(13-11-14)23-15-6-3-2-4-7-15/h2-13H,1H3,(H,20,22). The van der Waals surface area contributed by atoms with Crippen LogP contribution in [0.5, 0.6) is 17.4 Å². The van der Waals surface area contributed by atoms with Gasteiger partial charge in [0.05, 0.1) is 5.69 Å². The van der Waals surface area contributed by atoms with E-state index in [4.69, 9.17) is 9.47 Å². The molecular formula is C19H16N2O3. The summed E-state index contributed by atoms with van der Waals surface area (Å²) in [5.41, 5.74) is 1.61. The average molecular weight is 320 g/mol. The van der Waals surface area contributed by atoms with Gasteiger partial charge in [0.1, 0.15) is 11.5 Å². The highest BCUT2D eigenvalue weighted by Gasteiger charge is 2.06. The molecule has 0 bridgehead atoms. The van der Waals surface area contributed by atoms with E-state index < -0.39 is 6.09 Å². The highest BCUT2D eigenvalue weighted by molar-refractivity contribution is 5.70. The van der Waals surface area contributed by atoms with Crippen molar-refractivity contribution in [2.45, 2.75) is 0 Å². The van der Waals surface area contributed by atoms with E-state index in [9.17, 15) is 4.79 Å². The number of nitrogens with one attached hydrogen (secondary N) is 1. The number of ether oxygens (including phenoxy) is 2. The summed E-state index contributed by atoms with van der Waals surface area (Å²) in [7, 11) is 1.50. The van der Waals surface area contributed by atoms with Crippen molar-refractivity contribution in [3.8, 4) is 28.6 Å². The van der Waals surface area contributed by atoms with Crippen molar-refractivity contribution in [3.63, 3.8) is 0 Å². The molecule has 1 N–H and O–H groups in total. The first kappa shape index (κ1) is 15.6. The highest BCUT2D eigenvalue weighted by atomic mass is 16.6. The van der Waals surface area contributed by atoms with Crippen molar-refractivity contribution in [2.75, 3.05) is 7.05 Å². The van der Waals surface area contributed by atoms with Crippen LogP contribution in [0.3, 0.4) is 0 Å². The van der Waals surface area contributed by atoms with Crippen molar-refractivity contribution in [1.82, 2.24) is 10.3 Å². The Labute approximate surface area is 139 Å². The summed E-state index contributed by atoms with van der Waals surface area (Å²) in [6, 6.07) is 22.4. The number of hydrogen-bond donors (Lipinski definition) is 1. The second-order valence-electron chi connectivity index (χ2n) is 4.94. The fourth-order valence-corrected chi connectivity index (χ4v) is 2.10. The topological polar surface area (TPSA) is 60.5 Å². The number of hydrogen-bond acceptors (Lipinski definition) is 4. The predicted molar refractivity (Wildman–Crippen MR) is 91.3 cm³/mol. The molecule has 0 unspecified atom stereocenters. The third-order valence-corrected chi connectivity index (χ3v) is 3.25. The van der Waals surface area contributed by atoms with E-state index in [2.05, 4.69) is 10.3 Å². The van der Waals surface area contributed by atoms with E-state index in [1.54, 1.807) is 12.1 Å². The van der Waals surface area contributed by atoms with Gasteiger partial charge in [-0.1, -0.05) is 24.3 Å². The van der Waals surface area contributed by atoms with Crippen LogP contribution in [-0.2, 0) is 0 Å². The molecule has 2 aromatic carbocycles. The number of pyridine rings is 1. The first-order chi connectivity index (χ1) is 11.7. The van der Waals surface area contributed by atoms with Gasteiger partial charge in [-0.2, -0.15) is 0 Å². The molecule has 1 heterocycles. The van der Waals surface area contributed by atoms with Crippen LogP contribution in [0.25, 0.3) is 11.3 Å². The van der Waals surface area contributed by atoms with E-state index in [0.29, 0.717) is 5.69 Å².